The van der Waals surface area contributed by atoms with Gasteiger partial charge in [0, 0.05) is 6.42 Å². The van der Waals surface area contributed by atoms with Crippen molar-refractivity contribution in [2.45, 2.75) is 130 Å². The Bertz CT molecular complexity index is 395. The van der Waals surface area contributed by atoms with Crippen LogP contribution in [-0.4, -0.2) is 12.6 Å². The lowest BCUT2D eigenvalue weighted by atomic mass is 10.0. The molecule has 2 heteroatoms. The second kappa shape index (κ2) is 23.2. The van der Waals surface area contributed by atoms with Crippen molar-refractivity contribution in [3.8, 4) is 0 Å². The molecule has 0 aliphatic carbocycles. The van der Waals surface area contributed by atoms with Crippen molar-refractivity contribution in [2.24, 2.45) is 5.92 Å². The number of hydrogen-bond acceptors (Lipinski definition) is 2. The first-order valence-corrected chi connectivity index (χ1v) is 12.6. The maximum atomic E-state index is 11.7. The Balaban J connectivity index is 3.27. The van der Waals surface area contributed by atoms with Gasteiger partial charge in [-0.15, -0.1) is 0 Å². The summed E-state index contributed by atoms with van der Waals surface area (Å²) in [6.45, 7) is 7.41. The molecule has 2 nitrogen and oxygen atoms in total. The van der Waals surface area contributed by atoms with Crippen LogP contribution in [0.5, 0.6) is 0 Å². The number of hydrogen-bond donors (Lipinski definition) is 0. The summed E-state index contributed by atoms with van der Waals surface area (Å²) in [5.41, 5.74) is 0. The van der Waals surface area contributed by atoms with Crippen molar-refractivity contribution in [2.75, 3.05) is 6.61 Å². The lowest BCUT2D eigenvalue weighted by Crippen LogP contribution is -2.05. The highest BCUT2D eigenvalue weighted by molar-refractivity contribution is 5.69. The lowest BCUT2D eigenvalue weighted by Gasteiger charge is -2.06. The predicted octanol–water partition coefficient (Wildman–Crippen LogP) is 8.95. The van der Waals surface area contributed by atoms with Crippen LogP contribution in [0.3, 0.4) is 0 Å². The Kier molecular flexibility index (Phi) is 22.4. The second-order valence-electron chi connectivity index (χ2n) is 8.80. The number of esters is 1. The van der Waals surface area contributed by atoms with E-state index in [1.54, 1.807) is 0 Å². The molecule has 0 heterocycles. The third kappa shape index (κ3) is 24.9. The first kappa shape index (κ1) is 27.9. The van der Waals surface area contributed by atoms with E-state index in [2.05, 4.69) is 45.1 Å². The van der Waals surface area contributed by atoms with Crippen molar-refractivity contribution in [3.63, 3.8) is 0 Å². The zero-order valence-corrected chi connectivity index (χ0v) is 19.9. The number of carbonyl (C=O) groups excluding carboxylic acids is 1. The van der Waals surface area contributed by atoms with Crippen LogP contribution >= 0.6 is 0 Å². The first-order valence-electron chi connectivity index (χ1n) is 12.6. The van der Waals surface area contributed by atoms with Crippen LogP contribution in [0, 0.1) is 5.92 Å². The molecule has 0 aromatic heterocycles. The SMILES string of the molecule is CCCCC/C=C\C/C=C\CCCCCCCC(=O)OCCCCCCC(C)C. The minimum atomic E-state index is -0.00198. The zero-order valence-electron chi connectivity index (χ0n) is 19.9. The Labute approximate surface area is 182 Å². The number of allylic oxidation sites excluding steroid dienone is 4. The fourth-order valence-electron chi connectivity index (χ4n) is 3.35. The Morgan fingerprint density at radius 3 is 2.00 bits per heavy atom. The van der Waals surface area contributed by atoms with Gasteiger partial charge in [0.15, 0.2) is 0 Å². The summed E-state index contributed by atoms with van der Waals surface area (Å²) in [4.78, 5) is 11.7. The van der Waals surface area contributed by atoms with E-state index in [0.29, 0.717) is 13.0 Å². The quantitative estimate of drug-likeness (QED) is 0.108. The first-order chi connectivity index (χ1) is 14.2. The van der Waals surface area contributed by atoms with Crippen molar-refractivity contribution in [1.82, 2.24) is 0 Å². The molecule has 0 amide bonds. The van der Waals surface area contributed by atoms with E-state index >= 15 is 0 Å². The van der Waals surface area contributed by atoms with Gasteiger partial charge in [-0.3, -0.25) is 4.79 Å². The van der Waals surface area contributed by atoms with Crippen molar-refractivity contribution in [1.29, 1.82) is 0 Å². The maximum absolute atomic E-state index is 11.7. The molecular weight excluding hydrogens is 356 g/mol. The third-order valence-corrected chi connectivity index (χ3v) is 5.27. The van der Waals surface area contributed by atoms with E-state index < -0.39 is 0 Å². The van der Waals surface area contributed by atoms with Crippen LogP contribution in [0.1, 0.15) is 130 Å². The fraction of sp³-hybridized carbons (Fsp3) is 0.815. The van der Waals surface area contributed by atoms with Crippen molar-refractivity contribution < 1.29 is 9.53 Å². The van der Waals surface area contributed by atoms with Gasteiger partial charge >= 0.3 is 5.97 Å². The predicted molar refractivity (Wildman–Crippen MR) is 128 cm³/mol. The monoisotopic (exact) mass is 406 g/mol. The van der Waals surface area contributed by atoms with Gasteiger partial charge in [0.1, 0.15) is 0 Å². The summed E-state index contributed by atoms with van der Waals surface area (Å²) in [7, 11) is 0. The number of carbonyl (C=O) groups is 1. The lowest BCUT2D eigenvalue weighted by molar-refractivity contribution is -0.143. The van der Waals surface area contributed by atoms with Gasteiger partial charge in [-0.05, 0) is 50.9 Å². The van der Waals surface area contributed by atoms with Gasteiger partial charge in [-0.2, -0.15) is 0 Å². The molecular formula is C27H50O2. The van der Waals surface area contributed by atoms with Crippen LogP contribution in [0.4, 0.5) is 0 Å². The molecule has 29 heavy (non-hydrogen) atoms. The highest BCUT2D eigenvalue weighted by Gasteiger charge is 2.02. The normalized spacial score (nSPS) is 11.9. The molecule has 0 aromatic rings. The Morgan fingerprint density at radius 2 is 1.31 bits per heavy atom. The van der Waals surface area contributed by atoms with E-state index in [9.17, 15) is 4.79 Å². The van der Waals surface area contributed by atoms with Crippen LogP contribution in [-0.2, 0) is 9.53 Å². The van der Waals surface area contributed by atoms with Crippen LogP contribution in [0.2, 0.25) is 0 Å². The van der Waals surface area contributed by atoms with Gasteiger partial charge in [0.2, 0.25) is 0 Å². The highest BCUT2D eigenvalue weighted by Crippen LogP contribution is 2.11. The number of unbranched alkanes of at least 4 members (excludes halogenated alkanes) is 11. The van der Waals surface area contributed by atoms with E-state index in [1.807, 2.05) is 0 Å². The summed E-state index contributed by atoms with van der Waals surface area (Å²) in [5, 5.41) is 0. The molecule has 0 N–H and O–H groups in total. The molecule has 0 fully saturated rings. The molecule has 0 aliphatic heterocycles. The minimum absolute atomic E-state index is 0.00198. The Morgan fingerprint density at radius 1 is 0.724 bits per heavy atom. The van der Waals surface area contributed by atoms with Crippen LogP contribution in [0.25, 0.3) is 0 Å². The molecule has 0 aliphatic rings. The molecule has 0 unspecified atom stereocenters. The van der Waals surface area contributed by atoms with Gasteiger partial charge < -0.3 is 4.74 Å². The third-order valence-electron chi connectivity index (χ3n) is 5.27. The zero-order chi connectivity index (χ0) is 21.4. The van der Waals surface area contributed by atoms with Gasteiger partial charge in [-0.25, -0.2) is 0 Å². The summed E-state index contributed by atoms with van der Waals surface area (Å²) in [6, 6.07) is 0. The molecule has 0 aromatic carbocycles. The average Bonchev–Trinajstić information content (AvgIpc) is 2.70. The van der Waals surface area contributed by atoms with Gasteiger partial charge in [0.25, 0.3) is 0 Å². The maximum Gasteiger partial charge on any atom is 0.305 e. The van der Waals surface area contributed by atoms with Crippen LogP contribution in [0.15, 0.2) is 24.3 Å². The summed E-state index contributed by atoms with van der Waals surface area (Å²) < 4.78 is 5.34. The summed E-state index contributed by atoms with van der Waals surface area (Å²) >= 11 is 0. The Hall–Kier alpha value is -1.05. The molecule has 0 spiro atoms. The molecule has 0 radical (unpaired) electrons. The van der Waals surface area contributed by atoms with Crippen LogP contribution < -0.4 is 0 Å². The molecule has 0 saturated carbocycles. The molecule has 0 bridgehead atoms. The molecule has 0 atom stereocenters. The average molecular weight is 407 g/mol. The molecule has 0 saturated heterocycles. The van der Waals surface area contributed by atoms with Gasteiger partial charge in [-0.1, -0.05) is 103 Å². The van der Waals surface area contributed by atoms with E-state index in [0.717, 1.165) is 31.6 Å². The van der Waals surface area contributed by atoms with Crippen molar-refractivity contribution >= 4 is 5.97 Å². The molecule has 0 rings (SSSR count). The minimum Gasteiger partial charge on any atom is -0.466 e. The molecule has 170 valence electrons. The topological polar surface area (TPSA) is 26.3 Å². The summed E-state index contributed by atoms with van der Waals surface area (Å²) in [6.07, 6.45) is 29.2. The van der Waals surface area contributed by atoms with E-state index in [-0.39, 0.29) is 5.97 Å². The smallest absolute Gasteiger partial charge is 0.305 e. The van der Waals surface area contributed by atoms with E-state index in [1.165, 1.54) is 77.0 Å². The largest absolute Gasteiger partial charge is 0.466 e. The van der Waals surface area contributed by atoms with Gasteiger partial charge in [0.05, 0.1) is 6.61 Å². The van der Waals surface area contributed by atoms with Crippen molar-refractivity contribution in [3.05, 3.63) is 24.3 Å². The van der Waals surface area contributed by atoms with E-state index in [4.69, 9.17) is 4.74 Å². The fourth-order valence-corrected chi connectivity index (χ4v) is 3.35. The number of rotatable bonds is 21. The standard InChI is InChI=1S/C27H50O2/c1-4-5-6-7-8-9-10-11-12-13-14-15-16-17-21-24-27(28)29-25-22-19-18-20-23-26(2)3/h8-9,11-12,26H,4-7,10,13-25H2,1-3H3/b9-8-,12-11-. The summed E-state index contributed by atoms with van der Waals surface area (Å²) in [5.74, 6) is 0.800. The second-order valence-corrected chi connectivity index (χ2v) is 8.80. The number of ether oxygens (including phenoxy) is 1. The highest BCUT2D eigenvalue weighted by atomic mass is 16.5.